The number of hydrogen-bond acceptors (Lipinski definition) is 4. The highest BCUT2D eigenvalue weighted by Crippen LogP contribution is 2.50. The van der Waals surface area contributed by atoms with Crippen molar-refractivity contribution in [3.8, 4) is 5.75 Å². The molecular weight excluding hydrogens is 244 g/mol. The molecule has 2 rings (SSSR count). The van der Waals surface area contributed by atoms with E-state index in [0.717, 1.165) is 22.4 Å². The minimum absolute atomic E-state index is 0.314. The molecule has 0 aliphatic carbocycles. The van der Waals surface area contributed by atoms with Crippen molar-refractivity contribution in [1.82, 2.24) is 0 Å². The lowest BCUT2D eigenvalue weighted by molar-refractivity contribution is -0.144. The molecule has 0 bridgehead atoms. The van der Waals surface area contributed by atoms with E-state index in [0.29, 0.717) is 6.61 Å². The van der Waals surface area contributed by atoms with Gasteiger partial charge in [-0.3, -0.25) is 0 Å². The molecule has 1 saturated heterocycles. The van der Waals surface area contributed by atoms with Crippen LogP contribution in [0.4, 0.5) is 0 Å². The standard InChI is InChI=1S/C15H20O4/c1-6-18-14(16)13-15(4,19-13)11-8-9(2)7-10(3)12(11)17-5/h7-8,13H,6H2,1-5H3. The zero-order chi connectivity index (χ0) is 14.2. The Morgan fingerprint density at radius 3 is 2.68 bits per heavy atom. The van der Waals surface area contributed by atoms with Crippen LogP contribution in [-0.4, -0.2) is 25.8 Å². The molecule has 0 spiro atoms. The summed E-state index contributed by atoms with van der Waals surface area (Å²) in [5.74, 6) is 0.464. The first-order chi connectivity index (χ1) is 8.93. The van der Waals surface area contributed by atoms with Gasteiger partial charge in [-0.2, -0.15) is 0 Å². The zero-order valence-electron chi connectivity index (χ0n) is 12.1. The highest BCUT2D eigenvalue weighted by Gasteiger charge is 2.60. The number of carbonyl (C=O) groups is 1. The van der Waals surface area contributed by atoms with E-state index in [2.05, 4.69) is 0 Å². The number of epoxide rings is 1. The lowest BCUT2D eigenvalue weighted by atomic mass is 9.92. The molecule has 0 amide bonds. The van der Waals surface area contributed by atoms with Gasteiger partial charge in [-0.1, -0.05) is 11.6 Å². The van der Waals surface area contributed by atoms with E-state index in [1.807, 2.05) is 32.9 Å². The Kier molecular flexibility index (Phi) is 3.54. The molecule has 1 aromatic carbocycles. The van der Waals surface area contributed by atoms with Gasteiger partial charge in [-0.15, -0.1) is 0 Å². The molecule has 1 aliphatic rings. The van der Waals surface area contributed by atoms with E-state index in [1.54, 1.807) is 14.0 Å². The molecule has 0 radical (unpaired) electrons. The molecule has 2 unspecified atom stereocenters. The second kappa shape index (κ2) is 4.85. The summed E-state index contributed by atoms with van der Waals surface area (Å²) in [6.45, 7) is 8.04. The van der Waals surface area contributed by atoms with Crippen LogP contribution in [0, 0.1) is 13.8 Å². The van der Waals surface area contributed by atoms with Gasteiger partial charge in [0.15, 0.2) is 6.10 Å². The summed E-state index contributed by atoms with van der Waals surface area (Å²) in [6.07, 6.45) is -0.539. The minimum Gasteiger partial charge on any atom is -0.496 e. The summed E-state index contributed by atoms with van der Waals surface area (Å²) in [5, 5.41) is 0. The lowest BCUT2D eigenvalue weighted by Crippen LogP contribution is -2.19. The van der Waals surface area contributed by atoms with E-state index in [4.69, 9.17) is 14.2 Å². The van der Waals surface area contributed by atoms with Gasteiger partial charge in [0, 0.05) is 5.56 Å². The van der Waals surface area contributed by atoms with Gasteiger partial charge in [0.1, 0.15) is 11.4 Å². The third-order valence-corrected chi connectivity index (χ3v) is 3.46. The topological polar surface area (TPSA) is 48.1 Å². The van der Waals surface area contributed by atoms with E-state index < -0.39 is 11.7 Å². The monoisotopic (exact) mass is 264 g/mol. The van der Waals surface area contributed by atoms with Crippen molar-refractivity contribution in [2.24, 2.45) is 0 Å². The molecule has 104 valence electrons. The van der Waals surface area contributed by atoms with Crippen molar-refractivity contribution >= 4 is 5.97 Å². The predicted octanol–water partition coefficient (Wildman–Crippen LogP) is 2.49. The molecule has 0 aromatic heterocycles. The largest absolute Gasteiger partial charge is 0.496 e. The van der Waals surface area contributed by atoms with Gasteiger partial charge in [0.05, 0.1) is 13.7 Å². The maximum absolute atomic E-state index is 11.8. The van der Waals surface area contributed by atoms with Crippen LogP contribution in [0.25, 0.3) is 0 Å². The number of esters is 1. The Bertz CT molecular complexity index is 509. The van der Waals surface area contributed by atoms with E-state index in [1.165, 1.54) is 0 Å². The fraction of sp³-hybridized carbons (Fsp3) is 0.533. The van der Waals surface area contributed by atoms with E-state index >= 15 is 0 Å². The average Bonchev–Trinajstić information content (AvgIpc) is 3.02. The number of aryl methyl sites for hydroxylation is 2. The first-order valence-corrected chi connectivity index (χ1v) is 6.44. The molecule has 1 heterocycles. The molecule has 0 saturated carbocycles. The van der Waals surface area contributed by atoms with Crippen LogP contribution in [0.2, 0.25) is 0 Å². The Morgan fingerprint density at radius 1 is 1.42 bits per heavy atom. The number of hydrogen-bond donors (Lipinski definition) is 0. The second-order valence-electron chi connectivity index (χ2n) is 5.02. The average molecular weight is 264 g/mol. The third kappa shape index (κ3) is 2.32. The molecule has 4 nitrogen and oxygen atoms in total. The van der Waals surface area contributed by atoms with Crippen LogP contribution in [0.1, 0.15) is 30.5 Å². The molecule has 1 aromatic rings. The summed E-state index contributed by atoms with van der Waals surface area (Å²) in [5.41, 5.74) is 2.42. The maximum Gasteiger partial charge on any atom is 0.338 e. The second-order valence-corrected chi connectivity index (χ2v) is 5.02. The summed E-state index contributed by atoms with van der Waals surface area (Å²) in [7, 11) is 1.63. The summed E-state index contributed by atoms with van der Waals surface area (Å²) in [6, 6.07) is 4.05. The van der Waals surface area contributed by atoms with Gasteiger partial charge in [0.2, 0.25) is 0 Å². The molecule has 0 N–H and O–H groups in total. The van der Waals surface area contributed by atoms with Crippen molar-refractivity contribution in [3.05, 3.63) is 28.8 Å². The van der Waals surface area contributed by atoms with Gasteiger partial charge >= 0.3 is 5.97 Å². The van der Waals surface area contributed by atoms with Crippen LogP contribution >= 0.6 is 0 Å². The van der Waals surface area contributed by atoms with Crippen molar-refractivity contribution in [3.63, 3.8) is 0 Å². The van der Waals surface area contributed by atoms with Crippen LogP contribution in [0.15, 0.2) is 12.1 Å². The quantitative estimate of drug-likeness (QED) is 0.619. The van der Waals surface area contributed by atoms with E-state index in [-0.39, 0.29) is 5.97 Å². The van der Waals surface area contributed by atoms with Gasteiger partial charge in [-0.25, -0.2) is 4.79 Å². The van der Waals surface area contributed by atoms with Crippen LogP contribution < -0.4 is 4.74 Å². The van der Waals surface area contributed by atoms with Crippen LogP contribution in [0.5, 0.6) is 5.75 Å². The highest BCUT2D eigenvalue weighted by atomic mass is 16.7. The van der Waals surface area contributed by atoms with Crippen LogP contribution in [0.3, 0.4) is 0 Å². The Morgan fingerprint density at radius 2 is 2.11 bits per heavy atom. The summed E-state index contributed by atoms with van der Waals surface area (Å²) < 4.78 is 16.1. The van der Waals surface area contributed by atoms with Crippen molar-refractivity contribution in [2.45, 2.75) is 39.4 Å². The molecular formula is C15H20O4. The van der Waals surface area contributed by atoms with Crippen LogP contribution in [-0.2, 0) is 19.9 Å². The van der Waals surface area contributed by atoms with Gasteiger partial charge in [0.25, 0.3) is 0 Å². The summed E-state index contributed by atoms with van der Waals surface area (Å²) in [4.78, 5) is 11.8. The van der Waals surface area contributed by atoms with Gasteiger partial charge < -0.3 is 14.2 Å². The Labute approximate surface area is 113 Å². The first kappa shape index (κ1) is 13.9. The fourth-order valence-electron chi connectivity index (χ4n) is 2.50. The summed E-state index contributed by atoms with van der Waals surface area (Å²) >= 11 is 0. The third-order valence-electron chi connectivity index (χ3n) is 3.46. The minimum atomic E-state index is -0.644. The van der Waals surface area contributed by atoms with E-state index in [9.17, 15) is 4.79 Å². The van der Waals surface area contributed by atoms with Crippen molar-refractivity contribution in [1.29, 1.82) is 0 Å². The first-order valence-electron chi connectivity index (χ1n) is 6.44. The van der Waals surface area contributed by atoms with Crippen molar-refractivity contribution in [2.75, 3.05) is 13.7 Å². The Balaban J connectivity index is 2.36. The number of carbonyl (C=O) groups excluding carboxylic acids is 1. The number of rotatable bonds is 4. The predicted molar refractivity (Wildman–Crippen MR) is 71.3 cm³/mol. The SMILES string of the molecule is CCOC(=O)C1OC1(C)c1cc(C)cc(C)c1OC. The number of benzene rings is 1. The molecule has 4 heteroatoms. The van der Waals surface area contributed by atoms with Crippen molar-refractivity contribution < 1.29 is 19.0 Å². The molecule has 1 aliphatic heterocycles. The van der Waals surface area contributed by atoms with Gasteiger partial charge in [-0.05, 0) is 39.3 Å². The maximum atomic E-state index is 11.8. The number of methoxy groups -OCH3 is 1. The molecule has 19 heavy (non-hydrogen) atoms. The Hall–Kier alpha value is -1.55. The zero-order valence-corrected chi connectivity index (χ0v) is 12.1. The highest BCUT2D eigenvalue weighted by molar-refractivity contribution is 5.80. The lowest BCUT2D eigenvalue weighted by Gasteiger charge is -2.16. The number of ether oxygens (including phenoxy) is 3. The molecule has 2 atom stereocenters. The normalized spacial score (nSPS) is 25.0. The molecule has 1 fully saturated rings. The smallest absolute Gasteiger partial charge is 0.338 e. The fourth-order valence-corrected chi connectivity index (χ4v) is 2.50.